The molecule has 0 aliphatic heterocycles. The molecule has 2 heterocycles. The Kier molecular flexibility index (Phi) is 6.13. The first kappa shape index (κ1) is 21.4. The van der Waals surface area contributed by atoms with Crippen LogP contribution < -0.4 is 5.73 Å². The first-order chi connectivity index (χ1) is 14.2. The summed E-state index contributed by atoms with van der Waals surface area (Å²) in [6.45, 7) is 2.37. The topological polar surface area (TPSA) is 105 Å². The highest BCUT2D eigenvalue weighted by atomic mass is 16.3. The van der Waals surface area contributed by atoms with Gasteiger partial charge < -0.3 is 15.7 Å². The van der Waals surface area contributed by atoms with Gasteiger partial charge in [-0.2, -0.15) is 0 Å². The Hall–Kier alpha value is -3.31. The van der Waals surface area contributed by atoms with Crippen LogP contribution in [0, 0.1) is 11.8 Å². The molecule has 3 rings (SSSR count). The Morgan fingerprint density at radius 3 is 2.77 bits per heavy atom. The van der Waals surface area contributed by atoms with Crippen LogP contribution >= 0.6 is 0 Å². The Morgan fingerprint density at radius 2 is 2.07 bits per heavy atom. The van der Waals surface area contributed by atoms with E-state index >= 15 is 0 Å². The molecule has 30 heavy (non-hydrogen) atoms. The fourth-order valence-corrected chi connectivity index (χ4v) is 3.17. The van der Waals surface area contributed by atoms with Crippen molar-refractivity contribution in [2.75, 3.05) is 12.3 Å². The minimum absolute atomic E-state index is 0.341. The predicted octanol–water partition coefficient (Wildman–Crippen LogP) is -1.65. The molecule has 3 N–H and O–H groups in total. The number of aromatic nitrogens is 3. The average molecular weight is 397 g/mol. The van der Waals surface area contributed by atoms with Crippen LogP contribution in [0.3, 0.4) is 0 Å². The summed E-state index contributed by atoms with van der Waals surface area (Å²) in [5, 5.41) is 10.7. The smallest absolute Gasteiger partial charge is 0.262 e. The number of aliphatic hydroxyl groups excluding tert-OH is 1. The fraction of sp³-hybridized carbons (Fsp3) is 0.200. The maximum atomic E-state index is 12.5. The second-order valence-corrected chi connectivity index (χ2v) is 7.83. The zero-order valence-electron chi connectivity index (χ0n) is 17.5. The molecular weight excluding hydrogens is 375 g/mol. The normalized spacial score (nSPS) is 12.1. The van der Waals surface area contributed by atoms with Gasteiger partial charge in [0.25, 0.3) is 5.91 Å². The van der Waals surface area contributed by atoms with Gasteiger partial charge in [0, 0.05) is 35.5 Å². The number of aliphatic hydroxyl groups is 1. The first-order valence-electron chi connectivity index (χ1n) is 9.69. The van der Waals surface area contributed by atoms with Gasteiger partial charge in [0.1, 0.15) is 34.9 Å². The summed E-state index contributed by atoms with van der Waals surface area (Å²) in [7, 11) is 5.76. The lowest BCUT2D eigenvalue weighted by molar-refractivity contribution is -0.137. The third kappa shape index (κ3) is 4.63. The second kappa shape index (κ2) is 8.60. The van der Waals surface area contributed by atoms with Crippen molar-refractivity contribution in [3.8, 4) is 23.2 Å². The molecule has 2 aromatic heterocycles. The molecule has 10 heteroatoms. The number of nitrogens with two attached hydrogens (primary N) is 1. The number of hydrogen-bond donors (Lipinski definition) is 2. The van der Waals surface area contributed by atoms with Gasteiger partial charge in [-0.15, -0.1) is 0 Å². The molecule has 0 unspecified atom stereocenters. The SMILES string of the molecule is BC(B)(B)N(CC)C(=O)[C@H](O)C#Cc1cccc(-c2ncc3ccnc(N)c3n2)c1. The quantitative estimate of drug-likeness (QED) is 0.404. The summed E-state index contributed by atoms with van der Waals surface area (Å²) in [4.78, 5) is 27.1. The number of hydrogen-bond acceptors (Lipinski definition) is 6. The van der Waals surface area contributed by atoms with Crippen LogP contribution in [0.2, 0.25) is 0 Å². The Morgan fingerprint density at radius 1 is 1.30 bits per heavy atom. The minimum atomic E-state index is -1.39. The van der Waals surface area contributed by atoms with Gasteiger partial charge in [-0.25, -0.2) is 15.0 Å². The highest BCUT2D eigenvalue weighted by Gasteiger charge is 2.28. The average Bonchev–Trinajstić information content (AvgIpc) is 2.71. The van der Waals surface area contributed by atoms with Gasteiger partial charge in [0.15, 0.2) is 11.9 Å². The molecule has 7 nitrogen and oxygen atoms in total. The van der Waals surface area contributed by atoms with E-state index in [0.29, 0.717) is 29.3 Å². The standard InChI is InChI=1S/C20H22B3N5O2/c1-2-28(20(21,22)23)19(30)15(29)7-6-12-4-3-5-13(10-12)18-26-11-14-8-9-25-17(24)16(14)27-18/h3-5,8-11,15,29H,2,21-23H2,1H3,(H2,24,25)/t15-/m1/s1. The van der Waals surface area contributed by atoms with Crippen LogP contribution in [-0.2, 0) is 4.79 Å². The molecule has 0 aliphatic rings. The van der Waals surface area contributed by atoms with E-state index in [4.69, 9.17) is 5.73 Å². The van der Waals surface area contributed by atoms with E-state index in [1.165, 1.54) is 0 Å². The molecule has 0 spiro atoms. The lowest BCUT2D eigenvalue weighted by Gasteiger charge is -2.36. The molecule has 0 aliphatic carbocycles. The monoisotopic (exact) mass is 397 g/mol. The van der Waals surface area contributed by atoms with Crippen LogP contribution in [-0.4, -0.2) is 72.3 Å². The molecule has 0 fully saturated rings. The molecule has 3 aromatic rings. The highest BCUT2D eigenvalue weighted by Crippen LogP contribution is 2.21. The summed E-state index contributed by atoms with van der Waals surface area (Å²) >= 11 is 0. The van der Waals surface area contributed by atoms with E-state index < -0.39 is 17.2 Å². The Labute approximate surface area is 178 Å². The summed E-state index contributed by atoms with van der Waals surface area (Å²) < 4.78 is 0. The molecule has 0 saturated carbocycles. The number of benzene rings is 1. The van der Waals surface area contributed by atoms with Crippen LogP contribution in [0.4, 0.5) is 5.82 Å². The van der Waals surface area contributed by atoms with Crippen molar-refractivity contribution < 1.29 is 9.90 Å². The Bertz CT molecular complexity index is 1150. The summed E-state index contributed by atoms with van der Waals surface area (Å²) in [5.41, 5.74) is 7.89. The number of amides is 1. The van der Waals surface area contributed by atoms with Crippen molar-refractivity contribution >= 4 is 46.2 Å². The number of anilines is 1. The third-order valence-corrected chi connectivity index (χ3v) is 4.63. The molecule has 0 saturated heterocycles. The first-order valence-corrected chi connectivity index (χ1v) is 9.69. The summed E-state index contributed by atoms with van der Waals surface area (Å²) in [6, 6.07) is 9.08. The molecule has 148 valence electrons. The van der Waals surface area contributed by atoms with Crippen LogP contribution in [0.5, 0.6) is 0 Å². The molecule has 1 amide bonds. The van der Waals surface area contributed by atoms with Crippen molar-refractivity contribution in [2.45, 2.75) is 18.3 Å². The van der Waals surface area contributed by atoms with Crippen LogP contribution in [0.1, 0.15) is 12.5 Å². The predicted molar refractivity (Wildman–Crippen MR) is 126 cm³/mol. The zero-order valence-corrected chi connectivity index (χ0v) is 17.5. The van der Waals surface area contributed by atoms with Crippen molar-refractivity contribution in [1.29, 1.82) is 0 Å². The van der Waals surface area contributed by atoms with Crippen molar-refractivity contribution in [3.63, 3.8) is 0 Å². The number of nitrogens with zero attached hydrogens (tertiary/aromatic N) is 4. The van der Waals surface area contributed by atoms with Gasteiger partial charge >= 0.3 is 0 Å². The van der Waals surface area contributed by atoms with Crippen molar-refractivity contribution in [2.24, 2.45) is 0 Å². The number of carbonyl (C=O) groups is 1. The number of likely N-dealkylation sites (N-methyl/N-ethyl adjacent to an activating group) is 1. The second-order valence-electron chi connectivity index (χ2n) is 7.83. The van der Waals surface area contributed by atoms with Gasteiger partial charge in [-0.3, -0.25) is 4.79 Å². The number of rotatable bonds is 4. The number of nitrogen functional groups attached to an aromatic ring is 1. The van der Waals surface area contributed by atoms with Gasteiger partial charge in [0.05, 0.1) is 0 Å². The van der Waals surface area contributed by atoms with Crippen LogP contribution in [0.25, 0.3) is 22.3 Å². The Balaban J connectivity index is 1.87. The maximum absolute atomic E-state index is 12.5. The molecule has 0 bridgehead atoms. The van der Waals surface area contributed by atoms with E-state index in [1.807, 2.05) is 42.6 Å². The number of fused-ring (bicyclic) bond motifs is 1. The van der Waals surface area contributed by atoms with Gasteiger partial charge in [0.2, 0.25) is 0 Å². The van der Waals surface area contributed by atoms with Gasteiger partial charge in [-0.1, -0.05) is 24.0 Å². The largest absolute Gasteiger partial charge is 0.382 e. The lowest BCUT2D eigenvalue weighted by Crippen LogP contribution is -2.56. The maximum Gasteiger partial charge on any atom is 0.262 e. The minimum Gasteiger partial charge on any atom is -0.382 e. The van der Waals surface area contributed by atoms with Gasteiger partial charge in [-0.05, 0) is 30.4 Å². The van der Waals surface area contributed by atoms with E-state index in [0.717, 1.165) is 10.9 Å². The van der Waals surface area contributed by atoms with Crippen LogP contribution in [0.15, 0.2) is 42.7 Å². The molecule has 1 atom stereocenters. The van der Waals surface area contributed by atoms with Crippen molar-refractivity contribution in [3.05, 3.63) is 48.3 Å². The molecular formula is C20H22B3N5O2. The van der Waals surface area contributed by atoms with Crippen molar-refractivity contribution in [1.82, 2.24) is 19.9 Å². The molecule has 1 aromatic carbocycles. The lowest BCUT2D eigenvalue weighted by atomic mass is 9.48. The van der Waals surface area contributed by atoms with E-state index in [-0.39, 0.29) is 0 Å². The van der Waals surface area contributed by atoms with E-state index in [1.54, 1.807) is 35.5 Å². The zero-order chi connectivity index (χ0) is 21.9. The summed E-state index contributed by atoms with van der Waals surface area (Å²) in [5.74, 6) is 5.95. The van der Waals surface area contributed by atoms with E-state index in [9.17, 15) is 9.90 Å². The number of pyridine rings is 1. The third-order valence-electron chi connectivity index (χ3n) is 4.63. The fourth-order valence-electron chi connectivity index (χ4n) is 3.17. The highest BCUT2D eigenvalue weighted by molar-refractivity contribution is 6.59. The summed E-state index contributed by atoms with van der Waals surface area (Å²) in [6.07, 6.45) is 1.92. The molecule has 0 radical (unpaired) electrons. The number of carbonyl (C=O) groups excluding carboxylic acids is 1. The van der Waals surface area contributed by atoms with E-state index in [2.05, 4.69) is 26.8 Å².